The fourth-order valence-corrected chi connectivity index (χ4v) is 2.12. The lowest BCUT2D eigenvalue weighted by Gasteiger charge is -2.23. The van der Waals surface area contributed by atoms with Gasteiger partial charge in [0.05, 0.1) is 12.8 Å². The molecule has 0 heterocycles. The van der Waals surface area contributed by atoms with E-state index in [1.54, 1.807) is 14.2 Å². The van der Waals surface area contributed by atoms with Gasteiger partial charge in [-0.05, 0) is 25.8 Å². The Morgan fingerprint density at radius 1 is 1.36 bits per heavy atom. The Morgan fingerprint density at radius 2 is 1.95 bits per heavy atom. The minimum absolute atomic E-state index is 0.0757. The standard InChI is InChI=1S/C19H30N2O/c1-9-11-12-16(17(10-2)21-7)18(14(5)13(3)4)19(20)15(6)22-8/h9,11-12,14H,3,6,10,20H2,1-2,4-5,7-8H3/b11-9-,16-12-,19-18-,21-17?. The van der Waals surface area contributed by atoms with E-state index in [2.05, 4.69) is 32.0 Å². The molecule has 3 heteroatoms. The molecular formula is C19H30N2O. The van der Waals surface area contributed by atoms with Gasteiger partial charge >= 0.3 is 0 Å². The van der Waals surface area contributed by atoms with Crippen molar-refractivity contribution in [3.05, 3.63) is 59.6 Å². The summed E-state index contributed by atoms with van der Waals surface area (Å²) in [5.74, 6) is 0.535. The molecule has 0 bridgehead atoms. The lowest BCUT2D eigenvalue weighted by atomic mass is 9.84. The predicted octanol–water partition coefficient (Wildman–Crippen LogP) is 4.55. The first-order valence-corrected chi connectivity index (χ1v) is 7.53. The number of hydrogen-bond acceptors (Lipinski definition) is 3. The Labute approximate surface area is 135 Å². The second kappa shape index (κ2) is 9.82. The van der Waals surface area contributed by atoms with Crippen LogP contribution in [0, 0.1) is 5.92 Å². The van der Waals surface area contributed by atoms with E-state index in [4.69, 9.17) is 10.5 Å². The molecule has 122 valence electrons. The molecule has 22 heavy (non-hydrogen) atoms. The number of ether oxygens (including phenoxy) is 1. The van der Waals surface area contributed by atoms with Crippen LogP contribution in [-0.2, 0) is 4.74 Å². The molecule has 0 fully saturated rings. The molecule has 0 aromatic carbocycles. The first-order valence-electron chi connectivity index (χ1n) is 7.53. The van der Waals surface area contributed by atoms with E-state index in [1.165, 1.54) is 0 Å². The highest BCUT2D eigenvalue weighted by atomic mass is 16.5. The Balaban J connectivity index is 6.45. The SMILES string of the molecule is C=C(OC)/C(N)=C(/C(=C\C=C/C)C(CC)=NC)C(C)C(=C)C. The lowest BCUT2D eigenvalue weighted by Crippen LogP contribution is -2.18. The second-order valence-corrected chi connectivity index (χ2v) is 5.15. The van der Waals surface area contributed by atoms with Crippen molar-refractivity contribution in [3.63, 3.8) is 0 Å². The topological polar surface area (TPSA) is 47.6 Å². The Morgan fingerprint density at radius 3 is 2.32 bits per heavy atom. The van der Waals surface area contributed by atoms with Crippen LogP contribution in [0.2, 0.25) is 0 Å². The van der Waals surface area contributed by atoms with Gasteiger partial charge in [0.25, 0.3) is 0 Å². The molecule has 0 radical (unpaired) electrons. The van der Waals surface area contributed by atoms with Crippen LogP contribution < -0.4 is 5.73 Å². The van der Waals surface area contributed by atoms with E-state index >= 15 is 0 Å². The van der Waals surface area contributed by atoms with Crippen LogP contribution in [0.15, 0.2) is 64.6 Å². The van der Waals surface area contributed by atoms with Crippen molar-refractivity contribution in [2.24, 2.45) is 16.6 Å². The van der Waals surface area contributed by atoms with Gasteiger partial charge in [0.2, 0.25) is 0 Å². The third-order valence-corrected chi connectivity index (χ3v) is 3.67. The van der Waals surface area contributed by atoms with E-state index < -0.39 is 0 Å². The maximum absolute atomic E-state index is 6.32. The molecule has 0 amide bonds. The molecule has 0 spiro atoms. The van der Waals surface area contributed by atoms with Gasteiger partial charge in [0.15, 0.2) is 0 Å². The number of nitrogens with two attached hydrogens (primary N) is 1. The minimum Gasteiger partial charge on any atom is -0.495 e. The fourth-order valence-electron chi connectivity index (χ4n) is 2.12. The average molecular weight is 302 g/mol. The molecule has 0 saturated heterocycles. The number of rotatable bonds is 8. The third-order valence-electron chi connectivity index (χ3n) is 3.67. The number of aliphatic imine (C=N–C) groups is 1. The molecule has 0 saturated carbocycles. The van der Waals surface area contributed by atoms with Crippen LogP contribution in [-0.4, -0.2) is 19.9 Å². The predicted molar refractivity (Wildman–Crippen MR) is 97.9 cm³/mol. The van der Waals surface area contributed by atoms with Crippen molar-refractivity contribution in [2.45, 2.75) is 34.1 Å². The van der Waals surface area contributed by atoms with Crippen molar-refractivity contribution in [2.75, 3.05) is 14.2 Å². The molecule has 1 unspecified atom stereocenters. The van der Waals surface area contributed by atoms with Crippen LogP contribution >= 0.6 is 0 Å². The first-order chi connectivity index (χ1) is 10.3. The molecule has 0 rings (SSSR count). The summed E-state index contributed by atoms with van der Waals surface area (Å²) in [5.41, 5.74) is 10.9. The Hall–Kier alpha value is -2.03. The zero-order valence-electron chi connectivity index (χ0n) is 14.9. The van der Waals surface area contributed by atoms with E-state index in [-0.39, 0.29) is 5.92 Å². The molecule has 0 aliphatic carbocycles. The Kier molecular flexibility index (Phi) is 8.92. The zero-order valence-corrected chi connectivity index (χ0v) is 14.9. The Bertz CT molecular complexity index is 534. The summed E-state index contributed by atoms with van der Waals surface area (Å²) in [6.07, 6.45) is 6.83. The smallest absolute Gasteiger partial charge is 0.134 e. The molecule has 0 aliphatic rings. The molecule has 0 aliphatic heterocycles. The van der Waals surface area contributed by atoms with Gasteiger partial charge in [-0.1, -0.05) is 50.8 Å². The highest BCUT2D eigenvalue weighted by molar-refractivity contribution is 6.04. The first kappa shape index (κ1) is 20.0. The van der Waals surface area contributed by atoms with E-state index in [0.29, 0.717) is 11.5 Å². The number of methoxy groups -OCH3 is 1. The molecule has 1 atom stereocenters. The van der Waals surface area contributed by atoms with Gasteiger partial charge in [-0.15, -0.1) is 0 Å². The molecule has 2 N–H and O–H groups in total. The molecular weight excluding hydrogens is 272 g/mol. The summed E-state index contributed by atoms with van der Waals surface area (Å²) in [5, 5.41) is 0. The van der Waals surface area contributed by atoms with E-state index in [0.717, 1.165) is 28.9 Å². The third kappa shape index (κ3) is 5.06. The highest BCUT2D eigenvalue weighted by Gasteiger charge is 2.22. The number of nitrogens with zero attached hydrogens (tertiary/aromatic N) is 1. The van der Waals surface area contributed by atoms with Crippen LogP contribution in [0.25, 0.3) is 0 Å². The second-order valence-electron chi connectivity index (χ2n) is 5.15. The van der Waals surface area contributed by atoms with Gasteiger partial charge < -0.3 is 10.5 Å². The fraction of sp³-hybridized carbons (Fsp3) is 0.421. The van der Waals surface area contributed by atoms with Crippen LogP contribution in [0.1, 0.15) is 34.1 Å². The summed E-state index contributed by atoms with van der Waals surface area (Å²) in [6, 6.07) is 0. The van der Waals surface area contributed by atoms with Gasteiger partial charge in [0, 0.05) is 24.3 Å². The maximum atomic E-state index is 6.32. The summed E-state index contributed by atoms with van der Waals surface area (Å²) in [7, 11) is 3.37. The van der Waals surface area contributed by atoms with Crippen molar-refractivity contribution in [1.29, 1.82) is 0 Å². The minimum atomic E-state index is 0.0757. The lowest BCUT2D eigenvalue weighted by molar-refractivity contribution is 0.301. The normalized spacial score (nSPS) is 15.5. The quantitative estimate of drug-likeness (QED) is 0.309. The maximum Gasteiger partial charge on any atom is 0.134 e. The number of allylic oxidation sites excluding steroid dienone is 6. The summed E-state index contributed by atoms with van der Waals surface area (Å²) in [6.45, 7) is 16.1. The van der Waals surface area contributed by atoms with Gasteiger partial charge in [0.1, 0.15) is 5.76 Å². The van der Waals surface area contributed by atoms with Crippen LogP contribution in [0.5, 0.6) is 0 Å². The largest absolute Gasteiger partial charge is 0.495 e. The summed E-state index contributed by atoms with van der Waals surface area (Å²) < 4.78 is 5.23. The van der Waals surface area contributed by atoms with Gasteiger partial charge in [-0.25, -0.2) is 0 Å². The monoisotopic (exact) mass is 302 g/mol. The van der Waals surface area contributed by atoms with Crippen LogP contribution in [0.3, 0.4) is 0 Å². The average Bonchev–Trinajstić information content (AvgIpc) is 2.51. The van der Waals surface area contributed by atoms with Crippen molar-refractivity contribution in [3.8, 4) is 0 Å². The highest BCUT2D eigenvalue weighted by Crippen LogP contribution is 2.30. The molecule has 0 aromatic heterocycles. The van der Waals surface area contributed by atoms with E-state index in [9.17, 15) is 0 Å². The zero-order chi connectivity index (χ0) is 17.3. The number of hydrogen-bond donors (Lipinski definition) is 1. The van der Waals surface area contributed by atoms with Crippen molar-refractivity contribution in [1.82, 2.24) is 0 Å². The molecule has 0 aromatic rings. The van der Waals surface area contributed by atoms with E-state index in [1.807, 2.05) is 32.1 Å². The van der Waals surface area contributed by atoms with Crippen LogP contribution in [0.4, 0.5) is 0 Å². The van der Waals surface area contributed by atoms with Gasteiger partial charge in [-0.2, -0.15) is 0 Å². The molecule has 3 nitrogen and oxygen atoms in total. The van der Waals surface area contributed by atoms with Gasteiger partial charge in [-0.3, -0.25) is 4.99 Å². The van der Waals surface area contributed by atoms with Crippen molar-refractivity contribution >= 4 is 5.71 Å². The summed E-state index contributed by atoms with van der Waals surface area (Å²) >= 11 is 0. The van der Waals surface area contributed by atoms with Crippen molar-refractivity contribution < 1.29 is 4.74 Å². The summed E-state index contributed by atoms with van der Waals surface area (Å²) in [4.78, 5) is 4.41.